The van der Waals surface area contributed by atoms with Crippen molar-refractivity contribution in [2.45, 2.75) is 64.1 Å². The maximum atomic E-state index is 4.66. The van der Waals surface area contributed by atoms with Gasteiger partial charge in [0.05, 0.1) is 0 Å². The lowest BCUT2D eigenvalue weighted by Gasteiger charge is -2.38. The summed E-state index contributed by atoms with van der Waals surface area (Å²) in [6.07, 6.45) is 8.38. The van der Waals surface area contributed by atoms with E-state index in [0.29, 0.717) is 6.04 Å². The molecule has 2 bridgehead atoms. The highest BCUT2D eigenvalue weighted by Gasteiger charge is 2.36. The second-order valence-corrected chi connectivity index (χ2v) is 7.10. The first kappa shape index (κ1) is 14.3. The van der Waals surface area contributed by atoms with Crippen molar-refractivity contribution in [2.75, 3.05) is 11.4 Å². The van der Waals surface area contributed by atoms with Gasteiger partial charge in [-0.2, -0.15) is 0 Å². The number of halogens is 1. The Kier molecular flexibility index (Phi) is 4.32. The third-order valence-electron chi connectivity index (χ3n) is 4.68. The Hall–Kier alpha value is -0.610. The van der Waals surface area contributed by atoms with Gasteiger partial charge in [0.25, 0.3) is 0 Å². The molecular formula is C16H24BrN3. The Balaban J connectivity index is 1.82. The van der Waals surface area contributed by atoms with Crippen molar-refractivity contribution in [2.24, 2.45) is 0 Å². The number of hydrogen-bond donors (Lipinski definition) is 1. The lowest BCUT2D eigenvalue weighted by molar-refractivity contribution is 0.345. The quantitative estimate of drug-likeness (QED) is 0.908. The minimum atomic E-state index is 0.654. The van der Waals surface area contributed by atoms with Crippen LogP contribution in [0.3, 0.4) is 0 Å². The van der Waals surface area contributed by atoms with E-state index in [-0.39, 0.29) is 0 Å². The summed E-state index contributed by atoms with van der Waals surface area (Å²) in [5.41, 5.74) is 1.27. The summed E-state index contributed by atoms with van der Waals surface area (Å²) in [4.78, 5) is 7.21. The van der Waals surface area contributed by atoms with Crippen LogP contribution in [0, 0.1) is 6.92 Å². The maximum Gasteiger partial charge on any atom is 0.129 e. The molecular weight excluding hydrogens is 314 g/mol. The van der Waals surface area contributed by atoms with Gasteiger partial charge in [-0.3, -0.25) is 0 Å². The Morgan fingerprint density at radius 2 is 2.05 bits per heavy atom. The fourth-order valence-corrected chi connectivity index (χ4v) is 3.91. The van der Waals surface area contributed by atoms with Gasteiger partial charge >= 0.3 is 0 Å². The molecule has 20 heavy (non-hydrogen) atoms. The monoisotopic (exact) mass is 337 g/mol. The van der Waals surface area contributed by atoms with Gasteiger partial charge < -0.3 is 10.2 Å². The molecule has 3 nitrogen and oxygen atoms in total. The molecule has 0 aromatic carbocycles. The van der Waals surface area contributed by atoms with Gasteiger partial charge in [0.2, 0.25) is 0 Å². The van der Waals surface area contributed by atoms with E-state index < -0.39 is 0 Å². The lowest BCUT2D eigenvalue weighted by atomic mass is 9.97. The highest BCUT2D eigenvalue weighted by atomic mass is 79.9. The van der Waals surface area contributed by atoms with Gasteiger partial charge in [0, 0.05) is 35.3 Å². The first-order chi connectivity index (χ1) is 9.67. The average molecular weight is 338 g/mol. The van der Waals surface area contributed by atoms with E-state index in [1.165, 1.54) is 37.7 Å². The van der Waals surface area contributed by atoms with Gasteiger partial charge in [-0.15, -0.1) is 0 Å². The molecule has 1 aromatic rings. The molecule has 2 aliphatic rings. The second kappa shape index (κ2) is 6.02. The van der Waals surface area contributed by atoms with Crippen molar-refractivity contribution >= 4 is 21.7 Å². The van der Waals surface area contributed by atoms with Gasteiger partial charge in [-0.05, 0) is 66.6 Å². The molecule has 0 amide bonds. The first-order valence-corrected chi connectivity index (χ1v) is 8.61. The molecule has 3 heterocycles. The van der Waals surface area contributed by atoms with Crippen LogP contribution in [0.15, 0.2) is 16.7 Å². The topological polar surface area (TPSA) is 28.2 Å². The van der Waals surface area contributed by atoms with Crippen LogP contribution in [0.4, 0.5) is 5.82 Å². The number of aromatic nitrogens is 1. The maximum absolute atomic E-state index is 4.66. The minimum absolute atomic E-state index is 0.654. The number of aryl methyl sites for hydroxylation is 1. The number of hydrogen-bond acceptors (Lipinski definition) is 3. The standard InChI is InChI=1S/C16H24BrN3/c1-3-6-20(16-7-11(2)15(17)10-18-16)14-8-12-4-5-13(9-14)19-12/h7,10,12-14,19H,3-6,8-9H2,1-2H3. The van der Waals surface area contributed by atoms with Gasteiger partial charge in [-0.25, -0.2) is 4.98 Å². The Labute approximate surface area is 130 Å². The zero-order valence-corrected chi connectivity index (χ0v) is 14.0. The summed E-state index contributed by atoms with van der Waals surface area (Å²) in [6.45, 7) is 5.51. The molecule has 0 radical (unpaired) electrons. The molecule has 3 rings (SSSR count). The molecule has 0 spiro atoms. The minimum Gasteiger partial charge on any atom is -0.354 e. The van der Waals surface area contributed by atoms with Crippen molar-refractivity contribution in [3.8, 4) is 0 Å². The number of nitrogens with zero attached hydrogens (tertiary/aromatic N) is 2. The Morgan fingerprint density at radius 1 is 1.35 bits per heavy atom. The van der Waals surface area contributed by atoms with E-state index in [2.05, 4.69) is 51.0 Å². The van der Waals surface area contributed by atoms with E-state index in [9.17, 15) is 0 Å². The van der Waals surface area contributed by atoms with Crippen LogP contribution >= 0.6 is 15.9 Å². The van der Waals surface area contributed by atoms with E-state index in [0.717, 1.165) is 28.9 Å². The summed E-state index contributed by atoms with van der Waals surface area (Å²) < 4.78 is 1.10. The summed E-state index contributed by atoms with van der Waals surface area (Å²) in [7, 11) is 0. The third-order valence-corrected chi connectivity index (χ3v) is 5.51. The van der Waals surface area contributed by atoms with Gasteiger partial charge in [0.15, 0.2) is 0 Å². The SMILES string of the molecule is CCCN(c1cc(C)c(Br)cn1)C1CC2CCC(C1)N2. The third kappa shape index (κ3) is 2.86. The molecule has 1 N–H and O–H groups in total. The molecule has 110 valence electrons. The zero-order valence-electron chi connectivity index (χ0n) is 12.4. The summed E-state index contributed by atoms with van der Waals surface area (Å²) in [6, 6.07) is 4.34. The molecule has 2 aliphatic heterocycles. The van der Waals surface area contributed by atoms with Crippen molar-refractivity contribution < 1.29 is 0 Å². The van der Waals surface area contributed by atoms with Crippen LogP contribution in [-0.4, -0.2) is 29.7 Å². The number of rotatable bonds is 4. The van der Waals surface area contributed by atoms with E-state index in [4.69, 9.17) is 0 Å². The number of pyridine rings is 1. The Morgan fingerprint density at radius 3 is 2.65 bits per heavy atom. The van der Waals surface area contributed by atoms with E-state index in [1.807, 2.05) is 6.20 Å². The number of nitrogens with one attached hydrogen (secondary N) is 1. The molecule has 2 unspecified atom stereocenters. The van der Waals surface area contributed by atoms with E-state index >= 15 is 0 Å². The fraction of sp³-hybridized carbons (Fsp3) is 0.688. The molecule has 2 atom stereocenters. The number of fused-ring (bicyclic) bond motifs is 2. The number of anilines is 1. The second-order valence-electron chi connectivity index (χ2n) is 6.25. The summed E-state index contributed by atoms with van der Waals surface area (Å²) in [5, 5.41) is 3.73. The largest absolute Gasteiger partial charge is 0.354 e. The smallest absolute Gasteiger partial charge is 0.129 e. The van der Waals surface area contributed by atoms with Crippen LogP contribution in [-0.2, 0) is 0 Å². The summed E-state index contributed by atoms with van der Waals surface area (Å²) >= 11 is 3.55. The fourth-order valence-electron chi connectivity index (χ4n) is 3.69. The highest BCUT2D eigenvalue weighted by Crippen LogP contribution is 2.32. The average Bonchev–Trinajstić information content (AvgIpc) is 2.78. The van der Waals surface area contributed by atoms with E-state index in [1.54, 1.807) is 0 Å². The predicted molar refractivity (Wildman–Crippen MR) is 87.3 cm³/mol. The van der Waals surface area contributed by atoms with Gasteiger partial charge in [-0.1, -0.05) is 6.92 Å². The van der Waals surface area contributed by atoms with Crippen LogP contribution in [0.25, 0.3) is 0 Å². The number of piperidine rings is 1. The summed E-state index contributed by atoms with van der Waals surface area (Å²) in [5.74, 6) is 1.15. The van der Waals surface area contributed by atoms with Crippen LogP contribution in [0.1, 0.15) is 44.6 Å². The lowest BCUT2D eigenvalue weighted by Crippen LogP contribution is -2.49. The highest BCUT2D eigenvalue weighted by molar-refractivity contribution is 9.10. The molecule has 1 aromatic heterocycles. The molecule has 2 fully saturated rings. The first-order valence-electron chi connectivity index (χ1n) is 7.82. The Bertz CT molecular complexity index is 465. The predicted octanol–water partition coefficient (Wildman–Crippen LogP) is 3.65. The molecule has 2 saturated heterocycles. The zero-order chi connectivity index (χ0) is 14.1. The molecule has 4 heteroatoms. The van der Waals surface area contributed by atoms with Crippen molar-refractivity contribution in [1.29, 1.82) is 0 Å². The van der Waals surface area contributed by atoms with Crippen molar-refractivity contribution in [1.82, 2.24) is 10.3 Å². The molecule has 0 aliphatic carbocycles. The van der Waals surface area contributed by atoms with Crippen LogP contribution in [0.5, 0.6) is 0 Å². The van der Waals surface area contributed by atoms with Gasteiger partial charge in [0.1, 0.15) is 5.82 Å². The van der Waals surface area contributed by atoms with Crippen molar-refractivity contribution in [3.63, 3.8) is 0 Å². The molecule has 0 saturated carbocycles. The normalized spacial score (nSPS) is 28.6. The van der Waals surface area contributed by atoms with Crippen LogP contribution < -0.4 is 10.2 Å². The van der Waals surface area contributed by atoms with Crippen LogP contribution in [0.2, 0.25) is 0 Å². The van der Waals surface area contributed by atoms with Crippen molar-refractivity contribution in [3.05, 3.63) is 22.3 Å².